The zero-order chi connectivity index (χ0) is 20.3. The van der Waals surface area contributed by atoms with Crippen LogP contribution >= 0.6 is 0 Å². The minimum atomic E-state index is -1.12. The number of aromatic nitrogens is 2. The summed E-state index contributed by atoms with van der Waals surface area (Å²) in [7, 11) is 1.54. The maximum absolute atomic E-state index is 12.2. The van der Waals surface area contributed by atoms with Crippen molar-refractivity contribution >= 4 is 28.5 Å². The SMILES string of the molecule is CN(CC1(O)CCN(c2ccnc3ccncc23)CC1)C(=O)[C@@H](N)CC(=O)O. The van der Waals surface area contributed by atoms with Gasteiger partial charge in [-0.3, -0.25) is 19.6 Å². The number of nitrogens with two attached hydrogens (primary N) is 1. The molecule has 3 rings (SSSR count). The molecule has 1 saturated heterocycles. The Morgan fingerprint density at radius 2 is 2.04 bits per heavy atom. The number of carboxylic acids is 1. The Labute approximate surface area is 162 Å². The van der Waals surface area contributed by atoms with Gasteiger partial charge in [0, 0.05) is 56.3 Å². The molecular formula is C19H25N5O4. The molecule has 4 N–H and O–H groups in total. The van der Waals surface area contributed by atoms with Gasteiger partial charge >= 0.3 is 5.97 Å². The highest BCUT2D eigenvalue weighted by molar-refractivity contribution is 5.90. The van der Waals surface area contributed by atoms with Crippen LogP contribution in [0.1, 0.15) is 19.3 Å². The van der Waals surface area contributed by atoms with E-state index >= 15 is 0 Å². The van der Waals surface area contributed by atoms with Crippen LogP contribution in [-0.4, -0.2) is 75.3 Å². The Kier molecular flexibility index (Phi) is 5.76. The summed E-state index contributed by atoms with van der Waals surface area (Å²) in [6, 6.07) is 2.69. The van der Waals surface area contributed by atoms with Crippen molar-refractivity contribution in [2.45, 2.75) is 30.9 Å². The first-order valence-corrected chi connectivity index (χ1v) is 9.17. The molecule has 9 heteroatoms. The number of rotatable bonds is 6. The number of carbonyl (C=O) groups is 2. The molecule has 2 aromatic rings. The molecule has 1 aliphatic rings. The van der Waals surface area contributed by atoms with Crippen LogP contribution in [-0.2, 0) is 9.59 Å². The summed E-state index contributed by atoms with van der Waals surface area (Å²) in [4.78, 5) is 35.0. The number of hydrogen-bond acceptors (Lipinski definition) is 7. The third-order valence-electron chi connectivity index (χ3n) is 5.17. The smallest absolute Gasteiger partial charge is 0.305 e. The van der Waals surface area contributed by atoms with E-state index in [4.69, 9.17) is 10.8 Å². The van der Waals surface area contributed by atoms with Gasteiger partial charge in [0.25, 0.3) is 0 Å². The maximum Gasteiger partial charge on any atom is 0.305 e. The van der Waals surface area contributed by atoms with Crippen LogP contribution in [0.5, 0.6) is 0 Å². The van der Waals surface area contributed by atoms with Gasteiger partial charge in [-0.15, -0.1) is 0 Å². The number of likely N-dealkylation sites (N-methyl/N-ethyl adjacent to an activating group) is 1. The predicted molar refractivity (Wildman–Crippen MR) is 104 cm³/mol. The Balaban J connectivity index is 1.63. The fraction of sp³-hybridized carbons (Fsp3) is 0.474. The third kappa shape index (κ3) is 4.37. The minimum absolute atomic E-state index is 0.117. The highest BCUT2D eigenvalue weighted by Crippen LogP contribution is 2.30. The van der Waals surface area contributed by atoms with E-state index in [0.717, 1.165) is 16.6 Å². The number of aliphatic carboxylic acids is 1. The molecule has 0 radical (unpaired) electrons. The molecule has 1 aliphatic heterocycles. The van der Waals surface area contributed by atoms with Crippen molar-refractivity contribution in [1.29, 1.82) is 0 Å². The van der Waals surface area contributed by atoms with E-state index in [2.05, 4.69) is 14.9 Å². The van der Waals surface area contributed by atoms with Crippen molar-refractivity contribution in [3.63, 3.8) is 0 Å². The van der Waals surface area contributed by atoms with E-state index < -0.39 is 29.9 Å². The number of amides is 1. The van der Waals surface area contributed by atoms with Gasteiger partial charge in [-0.2, -0.15) is 0 Å². The first kappa shape index (κ1) is 20.0. The number of nitrogens with zero attached hydrogens (tertiary/aromatic N) is 4. The molecule has 0 spiro atoms. The first-order valence-electron chi connectivity index (χ1n) is 9.17. The number of pyridine rings is 2. The number of aliphatic hydroxyl groups is 1. The number of anilines is 1. The molecule has 0 aromatic carbocycles. The van der Waals surface area contributed by atoms with Crippen molar-refractivity contribution < 1.29 is 19.8 Å². The van der Waals surface area contributed by atoms with Crippen molar-refractivity contribution in [2.24, 2.45) is 5.73 Å². The largest absolute Gasteiger partial charge is 0.481 e. The topological polar surface area (TPSA) is 133 Å². The van der Waals surface area contributed by atoms with Crippen LogP contribution in [0.15, 0.2) is 30.7 Å². The lowest BCUT2D eigenvalue weighted by Crippen LogP contribution is -2.53. The molecule has 0 bridgehead atoms. The van der Waals surface area contributed by atoms with Gasteiger partial charge in [0.2, 0.25) is 5.91 Å². The Bertz CT molecular complexity index is 861. The van der Waals surface area contributed by atoms with E-state index in [1.54, 1.807) is 18.6 Å². The molecule has 1 fully saturated rings. The second-order valence-electron chi connectivity index (χ2n) is 7.33. The summed E-state index contributed by atoms with van der Waals surface area (Å²) < 4.78 is 0. The number of fused-ring (bicyclic) bond motifs is 1. The lowest BCUT2D eigenvalue weighted by atomic mass is 9.90. The molecule has 0 unspecified atom stereocenters. The van der Waals surface area contributed by atoms with Gasteiger partial charge in [0.05, 0.1) is 23.6 Å². The molecule has 0 aliphatic carbocycles. The molecule has 150 valence electrons. The molecular weight excluding hydrogens is 362 g/mol. The van der Waals surface area contributed by atoms with E-state index in [-0.39, 0.29) is 6.54 Å². The zero-order valence-corrected chi connectivity index (χ0v) is 15.8. The molecule has 28 heavy (non-hydrogen) atoms. The van der Waals surface area contributed by atoms with E-state index in [1.165, 1.54) is 11.9 Å². The van der Waals surface area contributed by atoms with Crippen molar-refractivity contribution in [1.82, 2.24) is 14.9 Å². The molecule has 3 heterocycles. The van der Waals surface area contributed by atoms with E-state index in [0.29, 0.717) is 25.9 Å². The fourth-order valence-electron chi connectivity index (χ4n) is 3.65. The molecule has 2 aromatic heterocycles. The summed E-state index contributed by atoms with van der Waals surface area (Å²) in [5.41, 5.74) is 6.50. The summed E-state index contributed by atoms with van der Waals surface area (Å²) in [6.45, 7) is 1.35. The lowest BCUT2D eigenvalue weighted by molar-refractivity contribution is -0.142. The highest BCUT2D eigenvalue weighted by atomic mass is 16.4. The molecule has 0 saturated carbocycles. The Morgan fingerprint density at radius 1 is 1.32 bits per heavy atom. The van der Waals surface area contributed by atoms with Crippen LogP contribution in [0.25, 0.3) is 10.9 Å². The van der Waals surface area contributed by atoms with Crippen LogP contribution < -0.4 is 10.6 Å². The summed E-state index contributed by atoms with van der Waals surface area (Å²) >= 11 is 0. The van der Waals surface area contributed by atoms with Gasteiger partial charge in [0.1, 0.15) is 0 Å². The van der Waals surface area contributed by atoms with Gasteiger partial charge in [0.15, 0.2) is 0 Å². The van der Waals surface area contributed by atoms with Crippen LogP contribution in [0, 0.1) is 0 Å². The number of carbonyl (C=O) groups excluding carboxylic acids is 1. The third-order valence-corrected chi connectivity index (χ3v) is 5.17. The lowest BCUT2D eigenvalue weighted by Gasteiger charge is -2.41. The predicted octanol–water partition coefficient (Wildman–Crippen LogP) is 0.222. The van der Waals surface area contributed by atoms with Crippen LogP contribution in [0.2, 0.25) is 0 Å². The minimum Gasteiger partial charge on any atom is -0.481 e. The van der Waals surface area contributed by atoms with Gasteiger partial charge in [-0.1, -0.05) is 0 Å². The standard InChI is InChI=1S/C19H25N5O4/c1-23(18(27)14(20)10-17(25)26)12-19(28)4-8-24(9-5-19)16-3-7-22-15-2-6-21-11-13(15)16/h2-3,6-7,11,14,28H,4-5,8-10,12,20H2,1H3,(H,25,26)/t14-/m0/s1. The van der Waals surface area contributed by atoms with Crippen molar-refractivity contribution in [3.8, 4) is 0 Å². The summed E-state index contributed by atoms with van der Waals surface area (Å²) in [5.74, 6) is -1.61. The summed E-state index contributed by atoms with van der Waals surface area (Å²) in [6.07, 6.45) is 5.77. The van der Waals surface area contributed by atoms with E-state index in [9.17, 15) is 14.7 Å². The number of piperidine rings is 1. The van der Waals surface area contributed by atoms with Crippen LogP contribution in [0.3, 0.4) is 0 Å². The zero-order valence-electron chi connectivity index (χ0n) is 15.8. The molecule has 1 atom stereocenters. The maximum atomic E-state index is 12.2. The van der Waals surface area contributed by atoms with Gasteiger partial charge in [-0.05, 0) is 25.0 Å². The highest BCUT2D eigenvalue weighted by Gasteiger charge is 2.35. The molecule has 9 nitrogen and oxygen atoms in total. The Hall–Kier alpha value is -2.78. The second-order valence-corrected chi connectivity index (χ2v) is 7.33. The van der Waals surface area contributed by atoms with Crippen molar-refractivity contribution in [2.75, 3.05) is 31.6 Å². The van der Waals surface area contributed by atoms with Crippen molar-refractivity contribution in [3.05, 3.63) is 30.7 Å². The Morgan fingerprint density at radius 3 is 2.71 bits per heavy atom. The quantitative estimate of drug-likeness (QED) is 0.641. The first-order chi connectivity index (χ1) is 13.3. The van der Waals surface area contributed by atoms with E-state index in [1.807, 2.05) is 12.1 Å². The average molecular weight is 387 g/mol. The van der Waals surface area contributed by atoms with Crippen LogP contribution in [0.4, 0.5) is 5.69 Å². The second kappa shape index (κ2) is 8.07. The normalized spacial score (nSPS) is 17.3. The number of hydrogen-bond donors (Lipinski definition) is 3. The molecule has 1 amide bonds. The van der Waals surface area contributed by atoms with Gasteiger partial charge < -0.3 is 25.7 Å². The summed E-state index contributed by atoms with van der Waals surface area (Å²) in [5, 5.41) is 20.7. The van der Waals surface area contributed by atoms with Gasteiger partial charge in [-0.25, -0.2) is 0 Å². The monoisotopic (exact) mass is 387 g/mol. The average Bonchev–Trinajstić information content (AvgIpc) is 2.67. The number of carboxylic acid groups (broad SMARTS) is 1. The fourth-order valence-corrected chi connectivity index (χ4v) is 3.65.